The van der Waals surface area contributed by atoms with E-state index in [0.29, 0.717) is 12.3 Å². The molecule has 0 aliphatic carbocycles. The minimum absolute atomic E-state index is 0.0726. The smallest absolute Gasteiger partial charge is 0.267 e. The first-order chi connectivity index (χ1) is 15.4. The van der Waals surface area contributed by atoms with Crippen molar-refractivity contribution >= 4 is 26.5 Å². The highest BCUT2D eigenvalue weighted by Crippen LogP contribution is 2.22. The number of aromatic nitrogens is 3. The molecule has 1 atom stereocenters. The van der Waals surface area contributed by atoms with Gasteiger partial charge < -0.3 is 9.30 Å². The minimum Gasteiger partial charge on any atom is -0.376 e. The summed E-state index contributed by atoms with van der Waals surface area (Å²) in [4.78, 5) is 17.3. The Balaban J connectivity index is 1.84. The van der Waals surface area contributed by atoms with Gasteiger partial charge >= 0.3 is 0 Å². The number of ether oxygens (including phenoxy) is 1. The Labute approximate surface area is 182 Å². The highest BCUT2D eigenvalue weighted by molar-refractivity contribution is 7.91. The van der Waals surface area contributed by atoms with Crippen LogP contribution in [0.1, 0.15) is 12.8 Å². The zero-order valence-corrected chi connectivity index (χ0v) is 17.7. The summed E-state index contributed by atoms with van der Waals surface area (Å²) in [7, 11) is -4.20. The molecule has 10 heteroatoms. The lowest BCUT2D eigenvalue weighted by molar-refractivity contribution is 0.0965. The molecule has 8 nitrogen and oxygen atoms in total. The van der Waals surface area contributed by atoms with Crippen LogP contribution in [0.3, 0.4) is 0 Å². The van der Waals surface area contributed by atoms with Gasteiger partial charge in [-0.25, -0.2) is 17.8 Å². The molecule has 5 rings (SSSR count). The highest BCUT2D eigenvalue weighted by atomic mass is 32.2. The molecule has 0 radical (unpaired) electrons. The second-order valence-electron chi connectivity index (χ2n) is 7.64. The van der Waals surface area contributed by atoms with E-state index < -0.39 is 21.2 Å². The van der Waals surface area contributed by atoms with Gasteiger partial charge in [-0.15, -0.1) is 0 Å². The second-order valence-corrected chi connectivity index (χ2v) is 9.56. The van der Waals surface area contributed by atoms with Crippen molar-refractivity contribution in [2.75, 3.05) is 6.61 Å². The molecule has 164 valence electrons. The van der Waals surface area contributed by atoms with Crippen molar-refractivity contribution in [3.05, 3.63) is 76.4 Å². The molecule has 4 heterocycles. The Kier molecular flexibility index (Phi) is 4.90. The monoisotopic (exact) mass is 454 g/mol. The van der Waals surface area contributed by atoms with Gasteiger partial charge in [0, 0.05) is 12.8 Å². The Morgan fingerprint density at radius 1 is 1.19 bits per heavy atom. The van der Waals surface area contributed by atoms with Crippen molar-refractivity contribution in [1.82, 2.24) is 14.0 Å². The highest BCUT2D eigenvalue weighted by Gasteiger charge is 2.26. The topological polar surface area (TPSA) is 107 Å². The van der Waals surface area contributed by atoms with Gasteiger partial charge in [0.05, 0.1) is 22.9 Å². The molecular formula is C22H19FN4O4S. The van der Waals surface area contributed by atoms with Gasteiger partial charge in [-0.2, -0.15) is 0 Å². The molecule has 1 fully saturated rings. The maximum Gasteiger partial charge on any atom is 0.267 e. The largest absolute Gasteiger partial charge is 0.376 e. The Morgan fingerprint density at radius 3 is 2.69 bits per heavy atom. The maximum atomic E-state index is 13.4. The van der Waals surface area contributed by atoms with Gasteiger partial charge in [-0.1, -0.05) is 6.07 Å². The molecule has 0 saturated carbocycles. The lowest BCUT2D eigenvalue weighted by atomic mass is 10.2. The Morgan fingerprint density at radius 2 is 1.97 bits per heavy atom. The Bertz CT molecular complexity index is 1570. The van der Waals surface area contributed by atoms with Crippen molar-refractivity contribution in [2.45, 2.75) is 35.3 Å². The van der Waals surface area contributed by atoms with Gasteiger partial charge in [0.15, 0.2) is 0 Å². The van der Waals surface area contributed by atoms with E-state index >= 15 is 0 Å². The van der Waals surface area contributed by atoms with Crippen LogP contribution in [0.25, 0.3) is 16.7 Å². The van der Waals surface area contributed by atoms with Gasteiger partial charge in [0.1, 0.15) is 27.5 Å². The van der Waals surface area contributed by atoms with Crippen molar-refractivity contribution in [3.8, 4) is 0 Å². The summed E-state index contributed by atoms with van der Waals surface area (Å²) in [6.07, 6.45) is 2.96. The van der Waals surface area contributed by atoms with E-state index in [1.54, 1.807) is 24.4 Å². The van der Waals surface area contributed by atoms with Gasteiger partial charge in [0.2, 0.25) is 9.84 Å². The average molecular weight is 454 g/mol. The molecule has 1 saturated heterocycles. The van der Waals surface area contributed by atoms with Crippen LogP contribution in [0, 0.1) is 11.2 Å². The fourth-order valence-electron chi connectivity index (χ4n) is 3.98. The van der Waals surface area contributed by atoms with Crippen LogP contribution in [0.5, 0.6) is 0 Å². The van der Waals surface area contributed by atoms with Crippen molar-refractivity contribution in [3.63, 3.8) is 0 Å². The van der Waals surface area contributed by atoms with E-state index in [-0.39, 0.29) is 39.0 Å². The van der Waals surface area contributed by atoms with E-state index in [2.05, 4.69) is 4.98 Å². The molecule has 1 N–H and O–H groups in total. The number of rotatable bonds is 4. The van der Waals surface area contributed by atoms with Crippen LogP contribution >= 0.6 is 0 Å². The summed E-state index contributed by atoms with van der Waals surface area (Å²) in [5, 5.41) is 8.80. The predicted molar refractivity (Wildman–Crippen MR) is 114 cm³/mol. The van der Waals surface area contributed by atoms with Gasteiger partial charge in [-0.05, 0) is 55.3 Å². The van der Waals surface area contributed by atoms with Crippen LogP contribution in [0.15, 0.2) is 69.3 Å². The van der Waals surface area contributed by atoms with E-state index in [4.69, 9.17) is 10.1 Å². The number of nitrogens with zero attached hydrogens (tertiary/aromatic N) is 3. The summed E-state index contributed by atoms with van der Waals surface area (Å²) < 4.78 is 48.5. The number of pyridine rings is 2. The molecule has 0 unspecified atom stereocenters. The molecule has 32 heavy (non-hydrogen) atoms. The molecule has 1 aliphatic heterocycles. The summed E-state index contributed by atoms with van der Waals surface area (Å²) in [6.45, 7) is 0.778. The van der Waals surface area contributed by atoms with E-state index in [0.717, 1.165) is 37.1 Å². The first-order valence-electron chi connectivity index (χ1n) is 10.1. The van der Waals surface area contributed by atoms with Crippen molar-refractivity contribution in [2.24, 2.45) is 0 Å². The van der Waals surface area contributed by atoms with Crippen molar-refractivity contribution in [1.29, 1.82) is 5.41 Å². The minimum atomic E-state index is -4.20. The standard InChI is InChI=1S/C22H19FN4O4S/c23-14-6-8-16(9-7-14)32(29,30)18-12-17-21(25-19-5-1-2-10-26(19)22(17)28)27(20(18)24)13-15-4-3-11-31-15/h1-2,5-10,12,15,24H,3-4,11,13H2/t15-/m1/s1. The molecule has 0 spiro atoms. The third-order valence-corrected chi connectivity index (χ3v) is 7.39. The molecule has 1 aliphatic rings. The lowest BCUT2D eigenvalue weighted by Crippen LogP contribution is -2.33. The summed E-state index contributed by atoms with van der Waals surface area (Å²) in [6, 6.07) is 10.7. The zero-order valence-electron chi connectivity index (χ0n) is 16.9. The quantitative estimate of drug-likeness (QED) is 0.376. The lowest BCUT2D eigenvalue weighted by Gasteiger charge is -2.17. The third kappa shape index (κ3) is 3.32. The fraction of sp³-hybridized carbons (Fsp3) is 0.227. The summed E-state index contributed by atoms with van der Waals surface area (Å²) in [5.74, 6) is -0.573. The van der Waals surface area contributed by atoms with Crippen molar-refractivity contribution < 1.29 is 17.5 Å². The van der Waals surface area contributed by atoms with Crippen LogP contribution in [-0.4, -0.2) is 35.1 Å². The van der Waals surface area contributed by atoms with Crippen LogP contribution < -0.4 is 11.0 Å². The molecular weight excluding hydrogens is 435 g/mol. The number of hydrogen-bond donors (Lipinski definition) is 1. The predicted octanol–water partition coefficient (Wildman–Crippen LogP) is 2.28. The number of benzene rings is 1. The molecule has 0 amide bonds. The summed E-state index contributed by atoms with van der Waals surface area (Å²) in [5.41, 5.74) is -0.133. The SMILES string of the molecule is N=c1c(S(=O)(=O)c2ccc(F)cc2)cc2c(=O)n3ccccc3nc2n1C[C@H]1CCCO1. The molecule has 0 bridgehead atoms. The van der Waals surface area contributed by atoms with Gasteiger partial charge in [-0.3, -0.25) is 14.6 Å². The van der Waals surface area contributed by atoms with Crippen LogP contribution in [0.2, 0.25) is 0 Å². The number of hydrogen-bond acceptors (Lipinski definition) is 6. The first kappa shape index (κ1) is 20.5. The number of sulfone groups is 1. The van der Waals surface area contributed by atoms with E-state index in [1.807, 2.05) is 0 Å². The summed E-state index contributed by atoms with van der Waals surface area (Å²) >= 11 is 0. The molecule has 4 aromatic rings. The van der Waals surface area contributed by atoms with E-state index in [1.165, 1.54) is 15.0 Å². The van der Waals surface area contributed by atoms with Crippen LogP contribution in [0.4, 0.5) is 4.39 Å². The maximum absolute atomic E-state index is 13.4. The molecule has 3 aromatic heterocycles. The molecule has 1 aromatic carbocycles. The first-order valence-corrected chi connectivity index (χ1v) is 11.6. The number of nitrogens with one attached hydrogen (secondary N) is 1. The van der Waals surface area contributed by atoms with Gasteiger partial charge in [0.25, 0.3) is 5.56 Å². The average Bonchev–Trinajstić information content (AvgIpc) is 3.29. The van der Waals surface area contributed by atoms with Crippen LogP contribution in [-0.2, 0) is 21.1 Å². The third-order valence-electron chi connectivity index (χ3n) is 5.61. The van der Waals surface area contributed by atoms with E-state index in [9.17, 15) is 17.6 Å². The fourth-order valence-corrected chi connectivity index (χ4v) is 5.36. The number of fused-ring (bicyclic) bond motifs is 2. The zero-order chi connectivity index (χ0) is 22.5. The normalized spacial score (nSPS) is 16.7. The second kappa shape index (κ2) is 7.64. The number of halogens is 1. The Hall–Kier alpha value is -3.37.